The Kier molecular flexibility index (Phi) is 6.96. The lowest BCUT2D eigenvalue weighted by molar-refractivity contribution is -0.142. The summed E-state index contributed by atoms with van der Waals surface area (Å²) in [5.74, 6) is -1.95. The smallest absolute Gasteiger partial charge is 0.321 e. The maximum atomic E-state index is 11.7. The van der Waals surface area contributed by atoms with E-state index in [4.69, 9.17) is 5.11 Å². The van der Waals surface area contributed by atoms with E-state index in [1.807, 2.05) is 0 Å². The summed E-state index contributed by atoms with van der Waals surface area (Å²) in [7, 11) is 1.64. The number of nitrogens with one attached hydrogen (secondary N) is 2. The second kappa shape index (κ2) is 7.65. The lowest BCUT2D eigenvalue weighted by Crippen LogP contribution is -2.49. The number of hydrogen-bond donors (Lipinski definition) is 3. The van der Waals surface area contributed by atoms with Crippen LogP contribution >= 0.6 is 0 Å². The predicted octanol–water partition coefficient (Wildman–Crippen LogP) is -0.127. The van der Waals surface area contributed by atoms with Gasteiger partial charge < -0.3 is 10.4 Å². The number of rotatable bonds is 6. The first-order valence-corrected chi connectivity index (χ1v) is 5.81. The molecule has 0 radical (unpaired) electrons. The summed E-state index contributed by atoms with van der Waals surface area (Å²) in [6.45, 7) is 5.59. The van der Waals surface area contributed by atoms with Gasteiger partial charge in [-0.05, 0) is 20.9 Å². The fourth-order valence-corrected chi connectivity index (χ4v) is 1.29. The van der Waals surface area contributed by atoms with Crippen LogP contribution in [0.2, 0.25) is 0 Å². The normalized spacial score (nSPS) is 13.8. The molecule has 3 amide bonds. The first kappa shape index (κ1) is 16.4. The second-order valence-electron chi connectivity index (χ2n) is 4.20. The Morgan fingerprint density at radius 2 is 1.83 bits per heavy atom. The highest BCUT2D eigenvalue weighted by Gasteiger charge is 2.23. The molecule has 0 saturated heterocycles. The van der Waals surface area contributed by atoms with Crippen LogP contribution in [-0.4, -0.2) is 54.1 Å². The van der Waals surface area contributed by atoms with Crippen LogP contribution in [0.5, 0.6) is 0 Å². The van der Waals surface area contributed by atoms with Crippen LogP contribution in [-0.2, 0) is 9.59 Å². The third-order valence-corrected chi connectivity index (χ3v) is 2.60. The van der Waals surface area contributed by atoms with Gasteiger partial charge in [0.25, 0.3) is 0 Å². The average Bonchev–Trinajstić information content (AvgIpc) is 2.27. The van der Waals surface area contributed by atoms with Gasteiger partial charge in [-0.25, -0.2) is 4.79 Å². The summed E-state index contributed by atoms with van der Waals surface area (Å²) in [6.07, 6.45) is 0. The number of carboxylic acid groups (broad SMARTS) is 1. The van der Waals surface area contributed by atoms with Crippen molar-refractivity contribution in [3.05, 3.63) is 0 Å². The van der Waals surface area contributed by atoms with Gasteiger partial charge in [0.1, 0.15) is 0 Å². The molecule has 0 aromatic heterocycles. The summed E-state index contributed by atoms with van der Waals surface area (Å²) < 4.78 is 0. The number of amides is 3. The van der Waals surface area contributed by atoms with Crippen molar-refractivity contribution in [3.63, 3.8) is 0 Å². The standard InChI is InChI=1S/C11H21N3O4/c1-5-12-11(18)13-9(15)8(3)14(4)6-7(2)10(16)17/h7-8H,5-6H2,1-4H3,(H,16,17)(H2,12,13,15,18). The minimum Gasteiger partial charge on any atom is -0.481 e. The lowest BCUT2D eigenvalue weighted by Gasteiger charge is -2.25. The van der Waals surface area contributed by atoms with E-state index < -0.39 is 29.9 Å². The summed E-state index contributed by atoms with van der Waals surface area (Å²) in [4.78, 5) is 35.1. The van der Waals surface area contributed by atoms with E-state index in [9.17, 15) is 14.4 Å². The summed E-state index contributed by atoms with van der Waals surface area (Å²) in [5.41, 5.74) is 0. The van der Waals surface area contributed by atoms with E-state index in [-0.39, 0.29) is 6.54 Å². The van der Waals surface area contributed by atoms with E-state index in [0.717, 1.165) is 0 Å². The first-order chi connectivity index (χ1) is 8.29. The first-order valence-electron chi connectivity index (χ1n) is 5.81. The Labute approximate surface area is 107 Å². The molecule has 0 aliphatic carbocycles. The van der Waals surface area contributed by atoms with Crippen molar-refractivity contribution < 1.29 is 19.5 Å². The van der Waals surface area contributed by atoms with Gasteiger partial charge >= 0.3 is 12.0 Å². The number of urea groups is 1. The molecule has 18 heavy (non-hydrogen) atoms. The minimum absolute atomic E-state index is 0.235. The van der Waals surface area contributed by atoms with Crippen LogP contribution in [0.1, 0.15) is 20.8 Å². The van der Waals surface area contributed by atoms with Gasteiger partial charge in [-0.1, -0.05) is 6.92 Å². The molecule has 0 spiro atoms. The monoisotopic (exact) mass is 259 g/mol. The Bertz CT molecular complexity index is 319. The number of imide groups is 1. The van der Waals surface area contributed by atoms with E-state index in [1.54, 1.807) is 32.7 Å². The molecule has 0 rings (SSSR count). The molecular formula is C11H21N3O4. The molecule has 0 bridgehead atoms. The molecule has 0 saturated carbocycles. The zero-order valence-electron chi connectivity index (χ0n) is 11.2. The van der Waals surface area contributed by atoms with Gasteiger partial charge in [0.15, 0.2) is 0 Å². The van der Waals surface area contributed by atoms with Gasteiger partial charge in [0.2, 0.25) is 5.91 Å². The molecular weight excluding hydrogens is 238 g/mol. The molecule has 3 N–H and O–H groups in total. The van der Waals surface area contributed by atoms with Crippen LogP contribution in [0.4, 0.5) is 4.79 Å². The molecule has 2 atom stereocenters. The number of likely N-dealkylation sites (N-methyl/N-ethyl adjacent to an activating group) is 1. The molecule has 0 aliphatic heterocycles. The quantitative estimate of drug-likeness (QED) is 0.617. The number of carbonyl (C=O) groups excluding carboxylic acids is 2. The topological polar surface area (TPSA) is 98.7 Å². The van der Waals surface area contributed by atoms with Gasteiger partial charge in [-0.15, -0.1) is 0 Å². The van der Waals surface area contributed by atoms with Crippen molar-refractivity contribution in [1.29, 1.82) is 0 Å². The Hall–Kier alpha value is -1.63. The van der Waals surface area contributed by atoms with E-state index >= 15 is 0 Å². The van der Waals surface area contributed by atoms with Crippen LogP contribution < -0.4 is 10.6 Å². The van der Waals surface area contributed by atoms with Gasteiger partial charge in [-0.2, -0.15) is 0 Å². The number of carboxylic acids is 1. The predicted molar refractivity (Wildman–Crippen MR) is 66.1 cm³/mol. The summed E-state index contributed by atoms with van der Waals surface area (Å²) in [5, 5.41) is 13.4. The lowest BCUT2D eigenvalue weighted by atomic mass is 10.1. The second-order valence-corrected chi connectivity index (χ2v) is 4.20. The number of carbonyl (C=O) groups is 3. The highest BCUT2D eigenvalue weighted by Crippen LogP contribution is 2.02. The van der Waals surface area contributed by atoms with Crippen molar-refractivity contribution in [2.75, 3.05) is 20.1 Å². The van der Waals surface area contributed by atoms with E-state index in [2.05, 4.69) is 10.6 Å². The van der Waals surface area contributed by atoms with Crippen molar-refractivity contribution >= 4 is 17.9 Å². The SMILES string of the molecule is CCNC(=O)NC(=O)C(C)N(C)CC(C)C(=O)O. The molecule has 104 valence electrons. The highest BCUT2D eigenvalue weighted by molar-refractivity contribution is 5.96. The molecule has 7 nitrogen and oxygen atoms in total. The molecule has 0 aromatic rings. The highest BCUT2D eigenvalue weighted by atomic mass is 16.4. The number of hydrogen-bond acceptors (Lipinski definition) is 4. The summed E-state index contributed by atoms with van der Waals surface area (Å²) >= 11 is 0. The molecule has 0 aliphatic rings. The number of aliphatic carboxylic acids is 1. The average molecular weight is 259 g/mol. The molecule has 2 unspecified atom stereocenters. The fourth-order valence-electron chi connectivity index (χ4n) is 1.29. The minimum atomic E-state index is -0.918. The maximum absolute atomic E-state index is 11.7. The van der Waals surface area contributed by atoms with Crippen LogP contribution in [0.25, 0.3) is 0 Å². The zero-order chi connectivity index (χ0) is 14.3. The Morgan fingerprint density at radius 1 is 1.28 bits per heavy atom. The van der Waals surface area contributed by atoms with E-state index in [1.165, 1.54) is 0 Å². The van der Waals surface area contributed by atoms with Gasteiger partial charge in [0, 0.05) is 13.1 Å². The maximum Gasteiger partial charge on any atom is 0.321 e. The Balaban J connectivity index is 4.28. The number of nitrogens with zero attached hydrogens (tertiary/aromatic N) is 1. The van der Waals surface area contributed by atoms with E-state index in [0.29, 0.717) is 6.54 Å². The van der Waals surface area contributed by atoms with Crippen LogP contribution in [0.3, 0.4) is 0 Å². The largest absolute Gasteiger partial charge is 0.481 e. The van der Waals surface area contributed by atoms with Crippen LogP contribution in [0.15, 0.2) is 0 Å². The van der Waals surface area contributed by atoms with Crippen LogP contribution in [0, 0.1) is 5.92 Å². The van der Waals surface area contributed by atoms with Crippen molar-refractivity contribution in [1.82, 2.24) is 15.5 Å². The molecule has 0 heterocycles. The van der Waals surface area contributed by atoms with Gasteiger partial charge in [-0.3, -0.25) is 19.8 Å². The Morgan fingerprint density at radius 3 is 2.28 bits per heavy atom. The third kappa shape index (κ3) is 5.62. The molecule has 0 aromatic carbocycles. The van der Waals surface area contributed by atoms with Crippen molar-refractivity contribution in [2.24, 2.45) is 5.92 Å². The third-order valence-electron chi connectivity index (χ3n) is 2.60. The van der Waals surface area contributed by atoms with Crippen molar-refractivity contribution in [3.8, 4) is 0 Å². The zero-order valence-corrected chi connectivity index (χ0v) is 11.2. The molecule has 7 heteroatoms. The van der Waals surface area contributed by atoms with Gasteiger partial charge in [0.05, 0.1) is 12.0 Å². The fraction of sp³-hybridized carbons (Fsp3) is 0.727. The van der Waals surface area contributed by atoms with Crippen molar-refractivity contribution in [2.45, 2.75) is 26.8 Å². The summed E-state index contributed by atoms with van der Waals surface area (Å²) in [6, 6.07) is -1.12. The molecule has 0 fully saturated rings.